The normalized spacial score (nSPS) is 11.7. The van der Waals surface area contributed by atoms with Crippen molar-refractivity contribution in [3.05, 3.63) is 18.1 Å². The summed E-state index contributed by atoms with van der Waals surface area (Å²) in [5, 5.41) is 5.41. The molecule has 2 amide bonds. The molecule has 1 aromatic rings. The van der Waals surface area contributed by atoms with Gasteiger partial charge in [0.15, 0.2) is 0 Å². The van der Waals surface area contributed by atoms with Crippen LogP contribution in [-0.4, -0.2) is 34.4 Å². The zero-order valence-corrected chi connectivity index (χ0v) is 11.1. The lowest BCUT2D eigenvalue weighted by molar-refractivity contribution is -0.121. The molecule has 1 rings (SSSR count). The van der Waals surface area contributed by atoms with Crippen LogP contribution in [0.4, 0.5) is 5.82 Å². The number of anilines is 1. The minimum Gasteiger partial charge on any atom is -0.382 e. The maximum absolute atomic E-state index is 11.6. The van der Waals surface area contributed by atoms with E-state index in [0.29, 0.717) is 0 Å². The number of amides is 2. The lowest BCUT2D eigenvalue weighted by Gasteiger charge is -2.11. The topological polar surface area (TPSA) is 110 Å². The van der Waals surface area contributed by atoms with Gasteiger partial charge in [0.05, 0.1) is 12.4 Å². The van der Waals surface area contributed by atoms with Crippen LogP contribution >= 0.6 is 0 Å². The molecule has 0 saturated heterocycles. The Kier molecular flexibility index (Phi) is 5.72. The zero-order valence-electron chi connectivity index (χ0n) is 11.1. The van der Waals surface area contributed by atoms with E-state index in [4.69, 9.17) is 5.73 Å². The summed E-state index contributed by atoms with van der Waals surface area (Å²) in [6, 6.07) is 0.145. The Bertz CT molecular complexity index is 432. The van der Waals surface area contributed by atoms with E-state index in [0.717, 1.165) is 6.42 Å². The number of nitrogen functional groups attached to an aromatic ring is 1. The average molecular weight is 265 g/mol. The molecule has 104 valence electrons. The first-order chi connectivity index (χ1) is 9.02. The van der Waals surface area contributed by atoms with Crippen molar-refractivity contribution in [1.82, 2.24) is 20.6 Å². The minimum atomic E-state index is -0.371. The molecule has 1 unspecified atom stereocenters. The van der Waals surface area contributed by atoms with E-state index in [1.54, 1.807) is 0 Å². The lowest BCUT2D eigenvalue weighted by atomic mass is 10.2. The summed E-state index contributed by atoms with van der Waals surface area (Å²) in [6.45, 7) is 4.18. The van der Waals surface area contributed by atoms with Gasteiger partial charge in [-0.1, -0.05) is 6.92 Å². The molecular weight excluding hydrogens is 246 g/mol. The molecule has 0 aliphatic rings. The molecule has 0 aliphatic heterocycles. The van der Waals surface area contributed by atoms with E-state index in [1.165, 1.54) is 12.4 Å². The molecule has 1 aromatic heterocycles. The van der Waals surface area contributed by atoms with Crippen LogP contribution in [0.1, 0.15) is 37.2 Å². The fourth-order valence-electron chi connectivity index (χ4n) is 1.28. The molecule has 0 spiro atoms. The highest BCUT2D eigenvalue weighted by atomic mass is 16.2. The van der Waals surface area contributed by atoms with E-state index in [9.17, 15) is 9.59 Å². The number of nitrogens with one attached hydrogen (secondary N) is 2. The summed E-state index contributed by atoms with van der Waals surface area (Å²) in [6.07, 6.45) is 3.71. The molecule has 0 saturated carbocycles. The van der Waals surface area contributed by atoms with Crippen molar-refractivity contribution in [2.45, 2.75) is 32.7 Å². The van der Waals surface area contributed by atoms with Gasteiger partial charge < -0.3 is 16.4 Å². The van der Waals surface area contributed by atoms with Gasteiger partial charge in [0, 0.05) is 19.0 Å². The molecule has 1 heterocycles. The van der Waals surface area contributed by atoms with Crippen molar-refractivity contribution in [2.75, 3.05) is 12.3 Å². The van der Waals surface area contributed by atoms with Crippen molar-refractivity contribution in [2.24, 2.45) is 0 Å². The third kappa shape index (κ3) is 5.33. The number of hydrogen-bond donors (Lipinski definition) is 3. The predicted octanol–water partition coefficient (Wildman–Crippen LogP) is 0.0934. The summed E-state index contributed by atoms with van der Waals surface area (Å²) in [5.74, 6) is -0.202. The third-order valence-electron chi connectivity index (χ3n) is 2.56. The van der Waals surface area contributed by atoms with Gasteiger partial charge in [-0.25, -0.2) is 9.97 Å². The third-order valence-corrected chi connectivity index (χ3v) is 2.56. The van der Waals surface area contributed by atoms with E-state index in [-0.39, 0.29) is 42.3 Å². The molecule has 7 nitrogen and oxygen atoms in total. The van der Waals surface area contributed by atoms with E-state index in [1.807, 2.05) is 13.8 Å². The fraction of sp³-hybridized carbons (Fsp3) is 0.500. The van der Waals surface area contributed by atoms with Gasteiger partial charge in [0.2, 0.25) is 5.91 Å². The smallest absolute Gasteiger partial charge is 0.271 e. The zero-order chi connectivity index (χ0) is 14.3. The number of aromatic nitrogens is 2. The van der Waals surface area contributed by atoms with Gasteiger partial charge in [0.25, 0.3) is 5.91 Å². The molecule has 19 heavy (non-hydrogen) atoms. The highest BCUT2D eigenvalue weighted by Gasteiger charge is 2.09. The Morgan fingerprint density at radius 3 is 2.68 bits per heavy atom. The first-order valence-corrected chi connectivity index (χ1v) is 6.18. The number of nitrogens with two attached hydrogens (primary N) is 1. The molecule has 1 atom stereocenters. The van der Waals surface area contributed by atoms with Gasteiger partial charge >= 0.3 is 0 Å². The average Bonchev–Trinajstić information content (AvgIpc) is 2.39. The highest BCUT2D eigenvalue weighted by Crippen LogP contribution is 1.96. The summed E-state index contributed by atoms with van der Waals surface area (Å²) in [4.78, 5) is 30.7. The van der Waals surface area contributed by atoms with Crippen LogP contribution in [0, 0.1) is 0 Å². The maximum Gasteiger partial charge on any atom is 0.271 e. The number of nitrogens with zero attached hydrogens (tertiary/aromatic N) is 2. The molecule has 0 radical (unpaired) electrons. The minimum absolute atomic E-state index is 0.0851. The molecule has 0 aliphatic carbocycles. The monoisotopic (exact) mass is 265 g/mol. The first kappa shape index (κ1) is 14.9. The van der Waals surface area contributed by atoms with Crippen LogP contribution < -0.4 is 16.4 Å². The summed E-state index contributed by atoms with van der Waals surface area (Å²) in [5.41, 5.74) is 5.55. The maximum atomic E-state index is 11.6. The van der Waals surface area contributed by atoms with Crippen LogP contribution in [-0.2, 0) is 4.79 Å². The first-order valence-electron chi connectivity index (χ1n) is 6.18. The molecule has 7 heteroatoms. The predicted molar refractivity (Wildman–Crippen MR) is 71.3 cm³/mol. The van der Waals surface area contributed by atoms with Crippen LogP contribution in [0.2, 0.25) is 0 Å². The van der Waals surface area contributed by atoms with Crippen molar-refractivity contribution < 1.29 is 9.59 Å². The summed E-state index contributed by atoms with van der Waals surface area (Å²) >= 11 is 0. The fourth-order valence-corrected chi connectivity index (χ4v) is 1.28. The summed E-state index contributed by atoms with van der Waals surface area (Å²) < 4.78 is 0. The Labute approximate surface area is 112 Å². The van der Waals surface area contributed by atoms with Gasteiger partial charge in [0.1, 0.15) is 11.5 Å². The number of carbonyl (C=O) groups excluding carboxylic acids is 2. The van der Waals surface area contributed by atoms with Gasteiger partial charge in [-0.2, -0.15) is 0 Å². The van der Waals surface area contributed by atoms with Crippen LogP contribution in [0.3, 0.4) is 0 Å². The molecular formula is C12H19N5O2. The number of carbonyl (C=O) groups is 2. The Morgan fingerprint density at radius 1 is 1.37 bits per heavy atom. The lowest BCUT2D eigenvalue weighted by Crippen LogP contribution is -2.35. The van der Waals surface area contributed by atoms with Crippen LogP contribution in [0.25, 0.3) is 0 Å². The number of rotatable bonds is 6. The van der Waals surface area contributed by atoms with Crippen molar-refractivity contribution in [1.29, 1.82) is 0 Å². The van der Waals surface area contributed by atoms with E-state index in [2.05, 4.69) is 20.6 Å². The highest BCUT2D eigenvalue weighted by molar-refractivity contribution is 5.92. The second-order valence-corrected chi connectivity index (χ2v) is 4.21. The molecule has 0 bridgehead atoms. The van der Waals surface area contributed by atoms with Crippen molar-refractivity contribution >= 4 is 17.6 Å². The molecule has 0 aromatic carbocycles. The SMILES string of the molecule is CCC(C)NC(=O)CCNC(=O)c1cnc(N)cn1. The van der Waals surface area contributed by atoms with E-state index >= 15 is 0 Å². The second-order valence-electron chi connectivity index (χ2n) is 4.21. The van der Waals surface area contributed by atoms with Gasteiger partial charge in [-0.3, -0.25) is 9.59 Å². The van der Waals surface area contributed by atoms with Crippen LogP contribution in [0.5, 0.6) is 0 Å². The Balaban J connectivity index is 2.31. The quantitative estimate of drug-likeness (QED) is 0.675. The van der Waals surface area contributed by atoms with E-state index < -0.39 is 0 Å². The van der Waals surface area contributed by atoms with Gasteiger partial charge in [-0.15, -0.1) is 0 Å². The molecule has 0 fully saturated rings. The number of hydrogen-bond acceptors (Lipinski definition) is 5. The second kappa shape index (κ2) is 7.30. The Morgan fingerprint density at radius 2 is 2.11 bits per heavy atom. The van der Waals surface area contributed by atoms with Crippen molar-refractivity contribution in [3.63, 3.8) is 0 Å². The summed E-state index contributed by atoms with van der Waals surface area (Å²) in [7, 11) is 0. The Hall–Kier alpha value is -2.18. The van der Waals surface area contributed by atoms with Crippen LogP contribution in [0.15, 0.2) is 12.4 Å². The van der Waals surface area contributed by atoms with Gasteiger partial charge in [-0.05, 0) is 13.3 Å². The van der Waals surface area contributed by atoms with Crippen molar-refractivity contribution in [3.8, 4) is 0 Å². The molecule has 4 N–H and O–H groups in total. The standard InChI is InChI=1S/C12H19N5O2/c1-3-8(2)17-11(18)4-5-14-12(19)9-6-16-10(13)7-15-9/h6-8H,3-5H2,1-2H3,(H2,13,16)(H,14,19)(H,17,18). The largest absolute Gasteiger partial charge is 0.382 e.